The Bertz CT molecular complexity index is 856. The van der Waals surface area contributed by atoms with Crippen molar-refractivity contribution in [3.8, 4) is 11.5 Å². The number of rotatable bonds is 7. The van der Waals surface area contributed by atoms with Crippen molar-refractivity contribution in [1.29, 1.82) is 0 Å². The van der Waals surface area contributed by atoms with E-state index in [0.29, 0.717) is 17.9 Å². The van der Waals surface area contributed by atoms with Gasteiger partial charge in [0.2, 0.25) is 0 Å². The van der Waals surface area contributed by atoms with Crippen molar-refractivity contribution in [2.45, 2.75) is 38.0 Å². The summed E-state index contributed by atoms with van der Waals surface area (Å²) in [5.74, 6) is 1.13. The summed E-state index contributed by atoms with van der Waals surface area (Å²) in [5.41, 5.74) is 8.62. The topological polar surface area (TPSA) is 91.9 Å². The van der Waals surface area contributed by atoms with E-state index in [9.17, 15) is 9.90 Å². The fraction of sp³-hybridized carbons (Fsp3) is 0.409. The van der Waals surface area contributed by atoms with E-state index in [1.165, 1.54) is 0 Å². The lowest BCUT2D eigenvalue weighted by Gasteiger charge is -2.22. The third-order valence-electron chi connectivity index (χ3n) is 5.38. The van der Waals surface area contributed by atoms with Crippen LogP contribution in [-0.4, -0.2) is 43.9 Å². The van der Waals surface area contributed by atoms with Gasteiger partial charge in [0.25, 0.3) is 5.91 Å². The summed E-state index contributed by atoms with van der Waals surface area (Å²) < 4.78 is 10.8. The molecule has 0 aliphatic carbocycles. The highest BCUT2D eigenvalue weighted by molar-refractivity contribution is 5.97. The van der Waals surface area contributed by atoms with Crippen molar-refractivity contribution in [1.82, 2.24) is 16.2 Å². The van der Waals surface area contributed by atoms with Crippen LogP contribution in [0.3, 0.4) is 0 Å². The zero-order valence-corrected chi connectivity index (χ0v) is 17.2. The molecule has 1 aliphatic heterocycles. The third-order valence-corrected chi connectivity index (χ3v) is 5.38. The lowest BCUT2D eigenvalue weighted by Crippen LogP contribution is -2.39. The fourth-order valence-electron chi connectivity index (χ4n) is 3.69. The highest BCUT2D eigenvalue weighted by Gasteiger charge is 2.32. The number of benzene rings is 2. The minimum atomic E-state index is -0.507. The summed E-state index contributed by atoms with van der Waals surface area (Å²) in [4.78, 5) is 12.9. The molecule has 7 nitrogen and oxygen atoms in total. The molecular weight excluding hydrogens is 370 g/mol. The van der Waals surface area contributed by atoms with Crippen LogP contribution in [-0.2, 0) is 0 Å². The van der Waals surface area contributed by atoms with Crippen LogP contribution in [0.4, 0.5) is 0 Å². The van der Waals surface area contributed by atoms with E-state index in [1.807, 2.05) is 43.3 Å². The van der Waals surface area contributed by atoms with Crippen molar-refractivity contribution in [2.75, 3.05) is 20.8 Å². The second kappa shape index (κ2) is 9.26. The highest BCUT2D eigenvalue weighted by Crippen LogP contribution is 2.30. The number of amides is 1. The predicted octanol–water partition coefficient (Wildman–Crippen LogP) is 2.14. The molecule has 1 amide bonds. The molecule has 2 aromatic rings. The van der Waals surface area contributed by atoms with E-state index in [2.05, 4.69) is 16.2 Å². The number of hydrogen-bond acceptors (Lipinski definition) is 6. The smallest absolute Gasteiger partial charge is 0.255 e. The van der Waals surface area contributed by atoms with Crippen LogP contribution >= 0.6 is 0 Å². The number of carbonyl (C=O) groups is 1. The zero-order valence-electron chi connectivity index (χ0n) is 17.2. The lowest BCUT2D eigenvalue weighted by atomic mass is 9.89. The molecule has 0 bridgehead atoms. The van der Waals surface area contributed by atoms with Crippen LogP contribution in [0, 0.1) is 0 Å². The SMILES string of the molecule is COc1cccc([C@@H](C)NC(=O)c2ccc(C3CNNC3C(C)O)cc2OC)c1. The van der Waals surface area contributed by atoms with Crippen LogP contribution in [0.15, 0.2) is 42.5 Å². The average molecular weight is 399 g/mol. The van der Waals surface area contributed by atoms with Gasteiger partial charge in [0.1, 0.15) is 11.5 Å². The first-order valence-electron chi connectivity index (χ1n) is 9.73. The van der Waals surface area contributed by atoms with Gasteiger partial charge in [-0.1, -0.05) is 18.2 Å². The summed E-state index contributed by atoms with van der Waals surface area (Å²) >= 11 is 0. The van der Waals surface area contributed by atoms with Crippen molar-refractivity contribution in [2.24, 2.45) is 0 Å². The number of methoxy groups -OCH3 is 2. The van der Waals surface area contributed by atoms with Crippen molar-refractivity contribution in [3.63, 3.8) is 0 Å². The molecule has 1 heterocycles. The average Bonchev–Trinajstić information content (AvgIpc) is 3.23. The van der Waals surface area contributed by atoms with Crippen LogP contribution in [0.1, 0.15) is 47.3 Å². The molecule has 0 radical (unpaired) electrons. The Hall–Kier alpha value is -2.61. The monoisotopic (exact) mass is 399 g/mol. The quantitative estimate of drug-likeness (QED) is 0.570. The number of hydrazine groups is 1. The van der Waals surface area contributed by atoms with Gasteiger partial charge in [-0.2, -0.15) is 0 Å². The second-order valence-electron chi connectivity index (χ2n) is 7.33. The summed E-state index contributed by atoms with van der Waals surface area (Å²) in [6.07, 6.45) is -0.507. The number of aliphatic hydroxyl groups is 1. The van der Waals surface area contributed by atoms with Gasteiger partial charge in [-0.15, -0.1) is 0 Å². The highest BCUT2D eigenvalue weighted by atomic mass is 16.5. The molecule has 1 fully saturated rings. The number of carbonyl (C=O) groups excluding carboxylic acids is 1. The van der Waals surface area contributed by atoms with Gasteiger partial charge in [-0.05, 0) is 49.2 Å². The summed E-state index contributed by atoms with van der Waals surface area (Å²) in [6.45, 7) is 4.38. The molecular formula is C22H29N3O4. The molecule has 0 saturated carbocycles. The van der Waals surface area contributed by atoms with E-state index >= 15 is 0 Å². The van der Waals surface area contributed by atoms with Gasteiger partial charge in [-0.25, -0.2) is 0 Å². The predicted molar refractivity (Wildman–Crippen MR) is 111 cm³/mol. The first-order chi connectivity index (χ1) is 13.9. The maximum atomic E-state index is 12.9. The van der Waals surface area contributed by atoms with E-state index in [4.69, 9.17) is 9.47 Å². The molecule has 7 heteroatoms. The van der Waals surface area contributed by atoms with Gasteiger partial charge in [0, 0.05) is 12.5 Å². The normalized spacial score (nSPS) is 20.7. The molecule has 4 atom stereocenters. The molecule has 3 rings (SSSR count). The third kappa shape index (κ3) is 4.70. The number of nitrogens with one attached hydrogen (secondary N) is 3. The Balaban J connectivity index is 1.78. The molecule has 4 N–H and O–H groups in total. The molecule has 0 spiro atoms. The van der Waals surface area contributed by atoms with E-state index in [-0.39, 0.29) is 23.9 Å². The summed E-state index contributed by atoms with van der Waals surface area (Å²) in [7, 11) is 3.17. The van der Waals surface area contributed by atoms with Crippen LogP contribution < -0.4 is 25.6 Å². The van der Waals surface area contributed by atoms with Gasteiger partial charge >= 0.3 is 0 Å². The molecule has 2 aromatic carbocycles. The first kappa shape index (κ1) is 21.1. The Labute approximate surface area is 171 Å². The molecule has 0 aromatic heterocycles. The van der Waals surface area contributed by atoms with E-state index in [1.54, 1.807) is 27.2 Å². The van der Waals surface area contributed by atoms with Crippen LogP contribution in [0.25, 0.3) is 0 Å². The summed E-state index contributed by atoms with van der Waals surface area (Å²) in [5, 5.41) is 13.0. The van der Waals surface area contributed by atoms with Crippen LogP contribution in [0.2, 0.25) is 0 Å². The van der Waals surface area contributed by atoms with Crippen LogP contribution in [0.5, 0.6) is 11.5 Å². The lowest BCUT2D eigenvalue weighted by molar-refractivity contribution is 0.0936. The number of ether oxygens (including phenoxy) is 2. The van der Waals surface area contributed by atoms with E-state index < -0.39 is 6.10 Å². The Kier molecular flexibility index (Phi) is 6.74. The molecule has 1 aliphatic rings. The number of hydrogen-bond donors (Lipinski definition) is 4. The zero-order chi connectivity index (χ0) is 21.0. The Morgan fingerprint density at radius 1 is 1.17 bits per heavy atom. The minimum Gasteiger partial charge on any atom is -0.497 e. The maximum Gasteiger partial charge on any atom is 0.255 e. The van der Waals surface area contributed by atoms with Gasteiger partial charge in [-0.3, -0.25) is 15.6 Å². The molecule has 29 heavy (non-hydrogen) atoms. The number of aliphatic hydroxyl groups excluding tert-OH is 1. The van der Waals surface area contributed by atoms with Gasteiger partial charge in [0.05, 0.1) is 38.0 Å². The van der Waals surface area contributed by atoms with Gasteiger partial charge in [0.15, 0.2) is 0 Å². The Morgan fingerprint density at radius 2 is 1.97 bits per heavy atom. The molecule has 156 valence electrons. The summed E-state index contributed by atoms with van der Waals surface area (Å²) in [6, 6.07) is 12.9. The van der Waals surface area contributed by atoms with Crippen molar-refractivity contribution >= 4 is 5.91 Å². The maximum absolute atomic E-state index is 12.9. The standard InChI is InChI=1S/C22H29N3O4/c1-13(15-6-5-7-17(10-15)28-3)24-22(27)18-9-8-16(11-20(18)29-4)19-12-23-25-21(19)14(2)26/h5-11,13-14,19,21,23,25-26H,12H2,1-4H3,(H,24,27)/t13-,14?,19?,21?/m1/s1. The fourth-order valence-corrected chi connectivity index (χ4v) is 3.69. The second-order valence-corrected chi connectivity index (χ2v) is 7.33. The van der Waals surface area contributed by atoms with E-state index in [0.717, 1.165) is 16.9 Å². The largest absolute Gasteiger partial charge is 0.497 e. The Morgan fingerprint density at radius 3 is 2.66 bits per heavy atom. The van der Waals surface area contributed by atoms with Gasteiger partial charge < -0.3 is 19.9 Å². The molecule has 1 saturated heterocycles. The molecule has 3 unspecified atom stereocenters. The first-order valence-corrected chi connectivity index (χ1v) is 9.73. The van der Waals surface area contributed by atoms with Crippen molar-refractivity contribution in [3.05, 3.63) is 59.2 Å². The van der Waals surface area contributed by atoms with Crippen molar-refractivity contribution < 1.29 is 19.4 Å². The minimum absolute atomic E-state index is 0.0803.